The highest BCUT2D eigenvalue weighted by molar-refractivity contribution is 5.97. The van der Waals surface area contributed by atoms with Crippen LogP contribution < -0.4 is 0 Å². The molecule has 1 saturated carbocycles. The fourth-order valence-electron chi connectivity index (χ4n) is 3.95. The molecule has 0 aromatic carbocycles. The SMILES string of the molecule is CC(C)(C)OC(=O)N1CCC(CN2CCN(C(=O)/C(C#N)=C/C3CC3)CC2)CC1. The Kier molecular flexibility index (Phi) is 6.84. The van der Waals surface area contributed by atoms with Gasteiger partial charge in [-0.1, -0.05) is 6.08 Å². The molecule has 0 aromatic heterocycles. The van der Waals surface area contributed by atoms with Gasteiger partial charge in [0.1, 0.15) is 17.2 Å². The molecule has 3 fully saturated rings. The van der Waals surface area contributed by atoms with Crippen LogP contribution in [0.4, 0.5) is 4.79 Å². The highest BCUT2D eigenvalue weighted by Crippen LogP contribution is 2.31. The number of piperazine rings is 1. The van der Waals surface area contributed by atoms with E-state index in [4.69, 9.17) is 4.74 Å². The molecule has 7 heteroatoms. The molecule has 2 heterocycles. The third kappa shape index (κ3) is 6.46. The summed E-state index contributed by atoms with van der Waals surface area (Å²) in [5.74, 6) is 0.895. The van der Waals surface area contributed by atoms with E-state index in [1.54, 1.807) is 0 Å². The highest BCUT2D eigenvalue weighted by atomic mass is 16.6. The van der Waals surface area contributed by atoms with Gasteiger partial charge in [0.15, 0.2) is 0 Å². The minimum atomic E-state index is -0.454. The lowest BCUT2D eigenvalue weighted by Crippen LogP contribution is -2.51. The topological polar surface area (TPSA) is 76.9 Å². The van der Waals surface area contributed by atoms with Crippen LogP contribution in [0.2, 0.25) is 0 Å². The summed E-state index contributed by atoms with van der Waals surface area (Å²) in [5, 5.41) is 9.28. The number of ether oxygens (including phenoxy) is 1. The Morgan fingerprint density at radius 2 is 1.62 bits per heavy atom. The number of carbonyl (C=O) groups excluding carboxylic acids is 2. The van der Waals surface area contributed by atoms with Crippen molar-refractivity contribution in [2.75, 3.05) is 45.8 Å². The zero-order valence-electron chi connectivity index (χ0n) is 18.0. The first-order valence-electron chi connectivity index (χ1n) is 10.9. The number of rotatable bonds is 4. The molecular weight excluding hydrogens is 368 g/mol. The summed E-state index contributed by atoms with van der Waals surface area (Å²) in [4.78, 5) is 30.8. The average Bonchev–Trinajstić information content (AvgIpc) is 3.49. The van der Waals surface area contributed by atoms with E-state index in [-0.39, 0.29) is 12.0 Å². The monoisotopic (exact) mass is 402 g/mol. The molecule has 2 aliphatic heterocycles. The van der Waals surface area contributed by atoms with E-state index in [0.29, 0.717) is 30.5 Å². The zero-order chi connectivity index (χ0) is 21.0. The highest BCUT2D eigenvalue weighted by Gasteiger charge is 2.30. The molecule has 1 aliphatic carbocycles. The molecule has 0 spiro atoms. The molecule has 0 N–H and O–H groups in total. The van der Waals surface area contributed by atoms with Gasteiger partial charge in [0.2, 0.25) is 0 Å². The lowest BCUT2D eigenvalue weighted by Gasteiger charge is -2.39. The van der Waals surface area contributed by atoms with Crippen LogP contribution in [0.15, 0.2) is 11.6 Å². The smallest absolute Gasteiger partial charge is 0.410 e. The molecule has 29 heavy (non-hydrogen) atoms. The van der Waals surface area contributed by atoms with Crippen LogP contribution >= 0.6 is 0 Å². The fourth-order valence-corrected chi connectivity index (χ4v) is 3.95. The predicted molar refractivity (Wildman–Crippen MR) is 110 cm³/mol. The molecular formula is C22H34N4O3. The van der Waals surface area contributed by atoms with Crippen molar-refractivity contribution in [3.05, 3.63) is 11.6 Å². The number of amides is 2. The molecule has 3 aliphatic rings. The number of nitriles is 1. The predicted octanol–water partition coefficient (Wildman–Crippen LogP) is 2.64. The number of hydrogen-bond donors (Lipinski definition) is 0. The molecule has 0 bridgehead atoms. The van der Waals surface area contributed by atoms with Gasteiger partial charge >= 0.3 is 6.09 Å². The van der Waals surface area contributed by atoms with Crippen LogP contribution in [0.3, 0.4) is 0 Å². The van der Waals surface area contributed by atoms with Crippen LogP contribution in [-0.4, -0.2) is 78.1 Å². The Labute approximate surface area is 174 Å². The Morgan fingerprint density at radius 1 is 1.00 bits per heavy atom. The van der Waals surface area contributed by atoms with E-state index >= 15 is 0 Å². The molecule has 3 rings (SSSR count). The van der Waals surface area contributed by atoms with Gasteiger partial charge in [0.25, 0.3) is 5.91 Å². The number of carbonyl (C=O) groups is 2. The van der Waals surface area contributed by atoms with Gasteiger partial charge in [-0.3, -0.25) is 9.69 Å². The average molecular weight is 403 g/mol. The van der Waals surface area contributed by atoms with E-state index in [0.717, 1.165) is 58.4 Å². The van der Waals surface area contributed by atoms with Crippen molar-refractivity contribution in [1.82, 2.24) is 14.7 Å². The van der Waals surface area contributed by atoms with Crippen molar-refractivity contribution < 1.29 is 14.3 Å². The van der Waals surface area contributed by atoms with Gasteiger partial charge < -0.3 is 14.5 Å². The molecule has 0 radical (unpaired) electrons. The Morgan fingerprint density at radius 3 is 2.14 bits per heavy atom. The van der Waals surface area contributed by atoms with Gasteiger partial charge in [0.05, 0.1) is 0 Å². The van der Waals surface area contributed by atoms with Crippen molar-refractivity contribution in [3.8, 4) is 6.07 Å². The van der Waals surface area contributed by atoms with Crippen molar-refractivity contribution in [2.45, 2.75) is 52.1 Å². The van der Waals surface area contributed by atoms with Crippen LogP contribution in [0, 0.1) is 23.2 Å². The Bertz CT molecular complexity index is 671. The molecule has 0 atom stereocenters. The van der Waals surface area contributed by atoms with Crippen molar-refractivity contribution in [1.29, 1.82) is 5.26 Å². The van der Waals surface area contributed by atoms with Crippen LogP contribution in [-0.2, 0) is 9.53 Å². The number of nitrogens with zero attached hydrogens (tertiary/aromatic N) is 4. The molecule has 2 amide bonds. The fraction of sp³-hybridized carbons (Fsp3) is 0.773. The summed E-state index contributed by atoms with van der Waals surface area (Å²) in [5.41, 5.74) is -0.139. The quantitative estimate of drug-likeness (QED) is 0.534. The summed E-state index contributed by atoms with van der Waals surface area (Å²) in [6.45, 7) is 11.2. The summed E-state index contributed by atoms with van der Waals surface area (Å²) in [6.07, 6.45) is 5.81. The first-order chi connectivity index (χ1) is 13.7. The normalized spacial score (nSPS) is 22.3. The van der Waals surface area contributed by atoms with Crippen molar-refractivity contribution in [2.24, 2.45) is 11.8 Å². The first-order valence-corrected chi connectivity index (χ1v) is 10.9. The number of allylic oxidation sites excluding steroid dienone is 1. The minimum absolute atomic E-state index is 0.107. The summed E-state index contributed by atoms with van der Waals surface area (Å²) in [7, 11) is 0. The standard InChI is InChI=1S/C22H34N4O3/c1-22(2,3)29-21(28)26-8-6-18(7-9-26)16-24-10-12-25(13-11-24)20(27)19(15-23)14-17-4-5-17/h14,17-18H,4-13,16H2,1-3H3/b19-14+. The third-order valence-corrected chi connectivity index (χ3v) is 5.82. The summed E-state index contributed by atoms with van der Waals surface area (Å²) >= 11 is 0. The van der Waals surface area contributed by atoms with Gasteiger partial charge in [-0.25, -0.2) is 4.79 Å². The third-order valence-electron chi connectivity index (χ3n) is 5.82. The van der Waals surface area contributed by atoms with Gasteiger partial charge in [-0.05, 0) is 58.3 Å². The molecule has 0 aromatic rings. The van der Waals surface area contributed by atoms with Crippen LogP contribution in [0.1, 0.15) is 46.5 Å². The molecule has 7 nitrogen and oxygen atoms in total. The lowest BCUT2D eigenvalue weighted by atomic mass is 9.96. The number of piperidine rings is 1. The van der Waals surface area contributed by atoms with E-state index in [1.165, 1.54) is 0 Å². The second-order valence-electron chi connectivity index (χ2n) is 9.53. The minimum Gasteiger partial charge on any atom is -0.444 e. The first kappa shape index (κ1) is 21.6. The maximum Gasteiger partial charge on any atom is 0.410 e. The van der Waals surface area contributed by atoms with Gasteiger partial charge in [0, 0.05) is 45.8 Å². The largest absolute Gasteiger partial charge is 0.444 e. The Balaban J connectivity index is 1.39. The second-order valence-corrected chi connectivity index (χ2v) is 9.53. The zero-order valence-corrected chi connectivity index (χ0v) is 18.0. The van der Waals surface area contributed by atoms with Crippen molar-refractivity contribution in [3.63, 3.8) is 0 Å². The van der Waals surface area contributed by atoms with Gasteiger partial charge in [-0.2, -0.15) is 5.26 Å². The van der Waals surface area contributed by atoms with Gasteiger partial charge in [-0.15, -0.1) is 0 Å². The lowest BCUT2D eigenvalue weighted by molar-refractivity contribution is -0.128. The van der Waals surface area contributed by atoms with Crippen molar-refractivity contribution >= 4 is 12.0 Å². The maximum absolute atomic E-state index is 12.6. The number of hydrogen-bond acceptors (Lipinski definition) is 5. The Hall–Kier alpha value is -2.07. The van der Waals surface area contributed by atoms with Crippen LogP contribution in [0.5, 0.6) is 0 Å². The van der Waals surface area contributed by atoms with E-state index in [9.17, 15) is 14.9 Å². The van der Waals surface area contributed by atoms with E-state index in [2.05, 4.69) is 11.0 Å². The summed E-state index contributed by atoms with van der Waals surface area (Å²) < 4.78 is 5.46. The van der Waals surface area contributed by atoms with Crippen LogP contribution in [0.25, 0.3) is 0 Å². The molecule has 0 unspecified atom stereocenters. The molecule has 160 valence electrons. The summed E-state index contributed by atoms with van der Waals surface area (Å²) in [6, 6.07) is 2.09. The second kappa shape index (κ2) is 9.17. The number of likely N-dealkylation sites (tertiary alicyclic amines) is 1. The van der Waals surface area contributed by atoms with E-state index in [1.807, 2.05) is 36.6 Å². The maximum atomic E-state index is 12.6. The van der Waals surface area contributed by atoms with E-state index < -0.39 is 5.60 Å². The molecule has 2 saturated heterocycles.